The van der Waals surface area contributed by atoms with Gasteiger partial charge in [-0.25, -0.2) is 0 Å². The summed E-state index contributed by atoms with van der Waals surface area (Å²) in [6.07, 6.45) is 4.61. The lowest BCUT2D eigenvalue weighted by Gasteiger charge is -2.05. The van der Waals surface area contributed by atoms with Crippen LogP contribution in [0.4, 0.5) is 5.82 Å². The Kier molecular flexibility index (Phi) is 4.70. The predicted octanol–water partition coefficient (Wildman–Crippen LogP) is 3.66. The fraction of sp³-hybridized carbons (Fsp3) is 0.211. The number of nitrogens with one attached hydrogen (secondary N) is 2. The Morgan fingerprint density at radius 3 is 2.71 bits per heavy atom. The van der Waals surface area contributed by atoms with Crippen LogP contribution in [-0.2, 0) is 11.2 Å². The highest BCUT2D eigenvalue weighted by Gasteiger charge is 2.13. The summed E-state index contributed by atoms with van der Waals surface area (Å²) in [4.78, 5) is 16.2. The van der Waals surface area contributed by atoms with Crippen molar-refractivity contribution in [1.29, 1.82) is 0 Å². The van der Waals surface area contributed by atoms with Gasteiger partial charge < -0.3 is 5.32 Å². The van der Waals surface area contributed by atoms with E-state index in [0.29, 0.717) is 18.7 Å². The molecule has 0 radical (unpaired) electrons. The molecule has 2 N–H and O–H groups in total. The number of H-pyrrole nitrogens is 1. The van der Waals surface area contributed by atoms with E-state index in [1.807, 2.05) is 31.2 Å². The maximum absolute atomic E-state index is 12.2. The van der Waals surface area contributed by atoms with Gasteiger partial charge in [-0.2, -0.15) is 5.10 Å². The third-order valence-electron chi connectivity index (χ3n) is 3.96. The number of amides is 1. The first-order valence-corrected chi connectivity index (χ1v) is 7.94. The van der Waals surface area contributed by atoms with Crippen molar-refractivity contribution in [3.8, 4) is 11.3 Å². The van der Waals surface area contributed by atoms with E-state index >= 15 is 0 Å². The molecular formula is C19H20N4O. The van der Waals surface area contributed by atoms with Gasteiger partial charge in [0.1, 0.15) is 0 Å². The van der Waals surface area contributed by atoms with Crippen molar-refractivity contribution < 1.29 is 4.79 Å². The molecule has 0 atom stereocenters. The number of hydrogen-bond acceptors (Lipinski definition) is 3. The van der Waals surface area contributed by atoms with Crippen LogP contribution < -0.4 is 5.32 Å². The van der Waals surface area contributed by atoms with Crippen LogP contribution in [0.2, 0.25) is 0 Å². The number of carbonyl (C=O) groups is 1. The number of anilines is 1. The minimum atomic E-state index is -0.0348. The first-order chi connectivity index (χ1) is 11.6. The Bertz CT molecular complexity index is 840. The highest BCUT2D eigenvalue weighted by molar-refractivity contribution is 5.91. The van der Waals surface area contributed by atoms with E-state index in [0.717, 1.165) is 16.8 Å². The number of nitrogens with zero attached hydrogens (tertiary/aromatic N) is 2. The van der Waals surface area contributed by atoms with Crippen LogP contribution in [0.1, 0.15) is 23.1 Å². The number of rotatable bonds is 5. The maximum Gasteiger partial charge on any atom is 0.225 e. The molecule has 1 amide bonds. The van der Waals surface area contributed by atoms with E-state index < -0.39 is 0 Å². The SMILES string of the molecule is Cc1cccc(CCC(=O)Nc2n[nH]c(-c3ccncc3)c2C)c1. The van der Waals surface area contributed by atoms with Gasteiger partial charge in [0.05, 0.1) is 5.69 Å². The van der Waals surface area contributed by atoms with E-state index in [2.05, 4.69) is 39.6 Å². The van der Waals surface area contributed by atoms with E-state index in [4.69, 9.17) is 0 Å². The van der Waals surface area contributed by atoms with Crippen molar-refractivity contribution in [3.05, 3.63) is 65.5 Å². The Labute approximate surface area is 141 Å². The Balaban J connectivity index is 1.64. The van der Waals surface area contributed by atoms with Gasteiger partial charge in [-0.3, -0.25) is 14.9 Å². The lowest BCUT2D eigenvalue weighted by atomic mass is 10.1. The molecule has 0 aliphatic rings. The van der Waals surface area contributed by atoms with Crippen LogP contribution in [-0.4, -0.2) is 21.1 Å². The first kappa shape index (κ1) is 15.9. The van der Waals surface area contributed by atoms with Gasteiger partial charge in [-0.15, -0.1) is 0 Å². The minimum Gasteiger partial charge on any atom is -0.309 e. The molecule has 0 saturated heterocycles. The fourth-order valence-electron chi connectivity index (χ4n) is 2.64. The molecule has 3 aromatic rings. The normalized spacial score (nSPS) is 10.6. The van der Waals surface area contributed by atoms with Gasteiger partial charge in [0, 0.05) is 29.9 Å². The van der Waals surface area contributed by atoms with Crippen LogP contribution in [0.25, 0.3) is 11.3 Å². The summed E-state index contributed by atoms with van der Waals surface area (Å²) >= 11 is 0. The molecule has 3 rings (SSSR count). The molecule has 5 nitrogen and oxygen atoms in total. The molecular weight excluding hydrogens is 300 g/mol. The van der Waals surface area contributed by atoms with Gasteiger partial charge in [0.25, 0.3) is 0 Å². The van der Waals surface area contributed by atoms with Crippen molar-refractivity contribution in [3.63, 3.8) is 0 Å². The van der Waals surface area contributed by atoms with E-state index in [9.17, 15) is 4.79 Å². The smallest absolute Gasteiger partial charge is 0.225 e. The van der Waals surface area contributed by atoms with Crippen molar-refractivity contribution in [2.24, 2.45) is 0 Å². The molecule has 1 aromatic carbocycles. The first-order valence-electron chi connectivity index (χ1n) is 7.94. The monoisotopic (exact) mass is 320 g/mol. The zero-order chi connectivity index (χ0) is 16.9. The van der Waals surface area contributed by atoms with Crippen molar-refractivity contribution >= 4 is 11.7 Å². The second-order valence-electron chi connectivity index (χ2n) is 5.85. The third-order valence-corrected chi connectivity index (χ3v) is 3.96. The van der Waals surface area contributed by atoms with Gasteiger partial charge in [-0.1, -0.05) is 29.8 Å². The molecule has 0 aliphatic heterocycles. The van der Waals surface area contributed by atoms with Crippen LogP contribution in [0.5, 0.6) is 0 Å². The summed E-state index contributed by atoms with van der Waals surface area (Å²) in [5, 5.41) is 10.1. The molecule has 2 aromatic heterocycles. The lowest BCUT2D eigenvalue weighted by molar-refractivity contribution is -0.116. The average molecular weight is 320 g/mol. The summed E-state index contributed by atoms with van der Waals surface area (Å²) in [5.41, 5.74) is 5.19. The molecule has 0 spiro atoms. The molecule has 2 heterocycles. The van der Waals surface area contributed by atoms with Crippen LogP contribution in [0, 0.1) is 13.8 Å². The van der Waals surface area contributed by atoms with Crippen LogP contribution in [0.15, 0.2) is 48.8 Å². The number of pyridine rings is 1. The maximum atomic E-state index is 12.2. The number of aromatic amines is 1. The van der Waals surface area contributed by atoms with Crippen molar-refractivity contribution in [2.75, 3.05) is 5.32 Å². The average Bonchev–Trinajstić information content (AvgIpc) is 2.95. The second-order valence-corrected chi connectivity index (χ2v) is 5.85. The standard InChI is InChI=1S/C19H20N4O/c1-13-4-3-5-15(12-13)6-7-17(24)21-19-14(2)18(22-23-19)16-8-10-20-11-9-16/h3-5,8-12H,6-7H2,1-2H3,(H2,21,22,23,24). The van der Waals surface area contributed by atoms with Crippen molar-refractivity contribution in [2.45, 2.75) is 26.7 Å². The summed E-state index contributed by atoms with van der Waals surface area (Å²) < 4.78 is 0. The zero-order valence-electron chi connectivity index (χ0n) is 13.8. The van der Waals surface area contributed by atoms with Crippen molar-refractivity contribution in [1.82, 2.24) is 15.2 Å². The van der Waals surface area contributed by atoms with Crippen LogP contribution >= 0.6 is 0 Å². The molecule has 0 saturated carbocycles. The van der Waals surface area contributed by atoms with Gasteiger partial charge in [0.2, 0.25) is 5.91 Å². The molecule has 0 bridgehead atoms. The Morgan fingerprint density at radius 1 is 1.17 bits per heavy atom. The molecule has 5 heteroatoms. The van der Waals surface area contributed by atoms with Gasteiger partial charge in [-0.05, 0) is 38.0 Å². The zero-order valence-corrected chi connectivity index (χ0v) is 13.8. The number of aryl methyl sites for hydroxylation is 2. The summed E-state index contributed by atoms with van der Waals surface area (Å²) in [6.45, 7) is 3.99. The number of aromatic nitrogens is 3. The largest absolute Gasteiger partial charge is 0.309 e. The van der Waals surface area contributed by atoms with Crippen LogP contribution in [0.3, 0.4) is 0 Å². The lowest BCUT2D eigenvalue weighted by Crippen LogP contribution is -2.13. The highest BCUT2D eigenvalue weighted by Crippen LogP contribution is 2.25. The molecule has 0 unspecified atom stereocenters. The Hall–Kier alpha value is -2.95. The van der Waals surface area contributed by atoms with Gasteiger partial charge >= 0.3 is 0 Å². The molecule has 122 valence electrons. The molecule has 0 aliphatic carbocycles. The highest BCUT2D eigenvalue weighted by atomic mass is 16.1. The van der Waals surface area contributed by atoms with E-state index in [-0.39, 0.29) is 5.91 Å². The Morgan fingerprint density at radius 2 is 1.96 bits per heavy atom. The van der Waals surface area contributed by atoms with E-state index in [1.54, 1.807) is 12.4 Å². The fourth-order valence-corrected chi connectivity index (χ4v) is 2.64. The third kappa shape index (κ3) is 3.68. The molecule has 0 fully saturated rings. The number of hydrogen-bond donors (Lipinski definition) is 2. The second kappa shape index (κ2) is 7.08. The molecule has 24 heavy (non-hydrogen) atoms. The van der Waals surface area contributed by atoms with Gasteiger partial charge in [0.15, 0.2) is 5.82 Å². The number of benzene rings is 1. The predicted molar refractivity (Wildman–Crippen MR) is 94.7 cm³/mol. The topological polar surface area (TPSA) is 70.7 Å². The quantitative estimate of drug-likeness (QED) is 0.753. The summed E-state index contributed by atoms with van der Waals surface area (Å²) in [7, 11) is 0. The number of carbonyl (C=O) groups excluding carboxylic acids is 1. The van der Waals surface area contributed by atoms with E-state index in [1.165, 1.54) is 11.1 Å². The minimum absolute atomic E-state index is 0.0348. The summed E-state index contributed by atoms with van der Waals surface area (Å²) in [5.74, 6) is 0.545. The summed E-state index contributed by atoms with van der Waals surface area (Å²) in [6, 6.07) is 12.0.